The van der Waals surface area contributed by atoms with E-state index in [1.807, 2.05) is 0 Å². The van der Waals surface area contributed by atoms with Crippen LogP contribution in [0.5, 0.6) is 0 Å². The minimum atomic E-state index is -4.57. The van der Waals surface area contributed by atoms with Crippen molar-refractivity contribution >= 4 is 17.6 Å². The fourth-order valence-electron chi connectivity index (χ4n) is 3.11. The molecule has 0 spiro atoms. The summed E-state index contributed by atoms with van der Waals surface area (Å²) in [6, 6.07) is 2.46. The summed E-state index contributed by atoms with van der Waals surface area (Å²) in [7, 11) is 0. The first-order valence-corrected chi connectivity index (χ1v) is 8.06. The number of hydrogen-bond donors (Lipinski definition) is 3. The molecule has 1 atom stereocenters. The Hall–Kier alpha value is -1.31. The Morgan fingerprint density at radius 3 is 2.42 bits per heavy atom. The van der Waals surface area contributed by atoms with Crippen molar-refractivity contribution in [3.63, 3.8) is 0 Å². The molecule has 3 N–H and O–H groups in total. The third-order valence-electron chi connectivity index (χ3n) is 4.39. The van der Waals surface area contributed by atoms with Crippen LogP contribution in [0, 0.1) is 5.92 Å². The van der Waals surface area contributed by atoms with E-state index < -0.39 is 36.3 Å². The first-order chi connectivity index (χ1) is 11.2. The van der Waals surface area contributed by atoms with Crippen LogP contribution in [0.4, 0.5) is 13.2 Å². The summed E-state index contributed by atoms with van der Waals surface area (Å²) in [6.45, 7) is -0.496. The van der Waals surface area contributed by atoms with Crippen LogP contribution in [-0.4, -0.2) is 28.8 Å². The van der Waals surface area contributed by atoms with Crippen LogP contribution in [-0.2, 0) is 11.0 Å². The number of hydrogen-bond acceptors (Lipinski definition) is 3. The van der Waals surface area contributed by atoms with E-state index in [1.54, 1.807) is 0 Å². The molecule has 1 aliphatic carbocycles. The quantitative estimate of drug-likeness (QED) is 0.745. The van der Waals surface area contributed by atoms with Crippen LogP contribution in [0.1, 0.15) is 42.9 Å². The maximum Gasteiger partial charge on any atom is 0.416 e. The molecule has 8 heteroatoms. The zero-order valence-corrected chi connectivity index (χ0v) is 13.6. The monoisotopic (exact) mass is 365 g/mol. The number of nitrogens with one attached hydrogen (secondary N) is 1. The number of benzene rings is 1. The molecule has 2 rings (SSSR count). The number of carbonyl (C=O) groups is 1. The number of aliphatic carboxylic acids is 1. The predicted octanol–water partition coefficient (Wildman–Crippen LogP) is 3.63. The fourth-order valence-corrected chi connectivity index (χ4v) is 3.28. The van der Waals surface area contributed by atoms with Gasteiger partial charge in [0.2, 0.25) is 0 Å². The van der Waals surface area contributed by atoms with Crippen molar-refractivity contribution in [1.29, 1.82) is 0 Å². The Kier molecular flexibility index (Phi) is 6.11. The van der Waals surface area contributed by atoms with Gasteiger partial charge in [-0.25, -0.2) is 0 Å². The van der Waals surface area contributed by atoms with Crippen LogP contribution in [0.25, 0.3) is 0 Å². The van der Waals surface area contributed by atoms with E-state index in [1.165, 1.54) is 12.1 Å². The first-order valence-electron chi connectivity index (χ1n) is 7.68. The zero-order valence-electron chi connectivity index (χ0n) is 12.8. The summed E-state index contributed by atoms with van der Waals surface area (Å²) in [4.78, 5) is 10.9. The van der Waals surface area contributed by atoms with Crippen molar-refractivity contribution in [3.05, 3.63) is 34.3 Å². The van der Waals surface area contributed by atoms with Gasteiger partial charge >= 0.3 is 12.1 Å². The lowest BCUT2D eigenvalue weighted by Gasteiger charge is -2.31. The summed E-state index contributed by atoms with van der Waals surface area (Å²) in [5, 5.41) is 21.5. The van der Waals surface area contributed by atoms with Crippen molar-refractivity contribution in [1.82, 2.24) is 5.32 Å². The minimum absolute atomic E-state index is 0.0234. The summed E-state index contributed by atoms with van der Waals surface area (Å²) in [6.07, 6.45) is -2.54. The van der Waals surface area contributed by atoms with Gasteiger partial charge < -0.3 is 15.5 Å². The van der Waals surface area contributed by atoms with Crippen molar-refractivity contribution in [2.24, 2.45) is 5.92 Å². The van der Waals surface area contributed by atoms with E-state index >= 15 is 0 Å². The molecule has 0 aromatic heterocycles. The van der Waals surface area contributed by atoms with Gasteiger partial charge in [0, 0.05) is 11.1 Å². The van der Waals surface area contributed by atoms with Gasteiger partial charge in [-0.2, -0.15) is 13.2 Å². The second-order valence-electron chi connectivity index (χ2n) is 6.02. The Morgan fingerprint density at radius 2 is 1.92 bits per heavy atom. The molecule has 0 aliphatic heterocycles. The Balaban J connectivity index is 2.14. The maximum atomic E-state index is 13.2. The number of halogens is 4. The zero-order chi connectivity index (χ0) is 17.9. The summed E-state index contributed by atoms with van der Waals surface area (Å²) >= 11 is 5.67. The second kappa shape index (κ2) is 7.72. The second-order valence-corrected chi connectivity index (χ2v) is 6.45. The lowest BCUT2D eigenvalue weighted by molar-refractivity contribution is -0.143. The van der Waals surface area contributed by atoms with Gasteiger partial charge in [0.15, 0.2) is 0 Å². The molecule has 1 unspecified atom stereocenters. The molecule has 1 saturated carbocycles. The molecule has 0 amide bonds. The molecular weight excluding hydrogens is 347 g/mol. The van der Waals surface area contributed by atoms with E-state index in [2.05, 4.69) is 5.32 Å². The molecular formula is C16H19ClF3NO3. The average Bonchev–Trinajstić information content (AvgIpc) is 2.52. The Bertz CT molecular complexity index is 586. The van der Waals surface area contributed by atoms with Gasteiger partial charge in [-0.05, 0) is 43.4 Å². The van der Waals surface area contributed by atoms with E-state index in [0.29, 0.717) is 25.7 Å². The number of carboxylic acids is 1. The smallest absolute Gasteiger partial charge is 0.416 e. The molecule has 1 aromatic rings. The highest BCUT2D eigenvalue weighted by Gasteiger charge is 2.36. The highest BCUT2D eigenvalue weighted by molar-refractivity contribution is 6.30. The van der Waals surface area contributed by atoms with Crippen molar-refractivity contribution in [3.8, 4) is 0 Å². The highest BCUT2D eigenvalue weighted by Crippen LogP contribution is 2.37. The maximum absolute atomic E-state index is 13.2. The molecule has 0 saturated heterocycles. The number of carboxylic acid groups (broad SMARTS) is 1. The van der Waals surface area contributed by atoms with Crippen LogP contribution in [0.3, 0.4) is 0 Å². The largest absolute Gasteiger partial charge is 0.481 e. The van der Waals surface area contributed by atoms with Gasteiger partial charge in [0.1, 0.15) is 0 Å². The molecule has 1 fully saturated rings. The Labute approximate surface area is 142 Å². The predicted molar refractivity (Wildman–Crippen MR) is 82.8 cm³/mol. The third-order valence-corrected chi connectivity index (χ3v) is 4.63. The van der Waals surface area contributed by atoms with Crippen LogP contribution in [0.15, 0.2) is 18.2 Å². The molecule has 0 radical (unpaired) electrons. The number of aliphatic hydroxyl groups excluding tert-OH is 1. The topological polar surface area (TPSA) is 69.6 Å². The minimum Gasteiger partial charge on any atom is -0.481 e. The fraction of sp³-hybridized carbons (Fsp3) is 0.562. The highest BCUT2D eigenvalue weighted by atomic mass is 35.5. The lowest BCUT2D eigenvalue weighted by atomic mass is 9.85. The molecule has 24 heavy (non-hydrogen) atoms. The van der Waals surface area contributed by atoms with Crippen molar-refractivity contribution < 1.29 is 28.2 Å². The van der Waals surface area contributed by atoms with Crippen LogP contribution < -0.4 is 5.32 Å². The molecule has 1 aromatic carbocycles. The SMILES string of the molecule is O=C(O)C1CCC(NC(CO)c2ccc(Cl)cc2C(F)(F)F)CC1. The molecule has 134 valence electrons. The van der Waals surface area contributed by atoms with Crippen molar-refractivity contribution in [2.45, 2.75) is 43.9 Å². The molecule has 4 nitrogen and oxygen atoms in total. The van der Waals surface area contributed by atoms with Crippen LogP contribution >= 0.6 is 11.6 Å². The van der Waals surface area contributed by atoms with Gasteiger partial charge in [0.25, 0.3) is 0 Å². The van der Waals surface area contributed by atoms with Gasteiger partial charge in [-0.1, -0.05) is 17.7 Å². The summed E-state index contributed by atoms with van der Waals surface area (Å²) < 4.78 is 39.6. The van der Waals surface area contributed by atoms with E-state index in [4.69, 9.17) is 16.7 Å². The standard InChI is InChI=1S/C16H19ClF3NO3/c17-10-3-6-12(13(7-10)16(18,19)20)14(8-22)21-11-4-1-9(2-5-11)15(23)24/h3,6-7,9,11,14,21-22H,1-2,4-5,8H2,(H,23,24). The molecule has 0 heterocycles. The number of rotatable bonds is 5. The van der Waals surface area contributed by atoms with Crippen LogP contribution in [0.2, 0.25) is 5.02 Å². The van der Waals surface area contributed by atoms with Gasteiger partial charge in [0.05, 0.1) is 24.1 Å². The number of alkyl halides is 3. The van der Waals surface area contributed by atoms with E-state index in [9.17, 15) is 23.1 Å². The Morgan fingerprint density at radius 1 is 1.29 bits per heavy atom. The number of aliphatic hydroxyl groups is 1. The normalized spacial score (nSPS) is 23.0. The molecule has 1 aliphatic rings. The first kappa shape index (κ1) is 19.0. The van der Waals surface area contributed by atoms with Crippen molar-refractivity contribution in [2.75, 3.05) is 6.61 Å². The lowest BCUT2D eigenvalue weighted by Crippen LogP contribution is -2.39. The van der Waals surface area contributed by atoms with Gasteiger partial charge in [-0.15, -0.1) is 0 Å². The van der Waals surface area contributed by atoms with E-state index in [0.717, 1.165) is 6.07 Å². The molecule has 0 bridgehead atoms. The summed E-state index contributed by atoms with van der Waals surface area (Å²) in [5.74, 6) is -1.25. The van der Waals surface area contributed by atoms with E-state index in [-0.39, 0.29) is 16.6 Å². The summed E-state index contributed by atoms with van der Waals surface area (Å²) in [5.41, 5.74) is -0.935. The third kappa shape index (κ3) is 4.62. The van der Waals surface area contributed by atoms with Gasteiger partial charge in [-0.3, -0.25) is 4.79 Å². The average molecular weight is 366 g/mol.